The van der Waals surface area contributed by atoms with E-state index in [1.165, 1.54) is 5.56 Å². The van der Waals surface area contributed by atoms with Crippen LogP contribution in [-0.4, -0.2) is 41.9 Å². The average molecular weight is 417 g/mol. The monoisotopic (exact) mass is 416 g/mol. The molecule has 4 nitrogen and oxygen atoms in total. The van der Waals surface area contributed by atoms with E-state index in [2.05, 4.69) is 42.2 Å². The molecule has 3 aromatic rings. The van der Waals surface area contributed by atoms with Crippen LogP contribution in [0.15, 0.2) is 65.1 Å². The highest BCUT2D eigenvalue weighted by atomic mass is 16.3. The molecule has 0 spiro atoms. The molecule has 0 atom stereocenters. The molecule has 1 aliphatic rings. The van der Waals surface area contributed by atoms with E-state index in [4.69, 9.17) is 4.42 Å². The third-order valence-corrected chi connectivity index (χ3v) is 6.09. The third-order valence-electron chi connectivity index (χ3n) is 6.09. The SMILES string of the molecule is CCCCc1oc2ccccc2c1/C(C)=C/C(=O)N1CCN(Cc2ccccc2)CC1. The second-order valence-electron chi connectivity index (χ2n) is 8.41. The minimum absolute atomic E-state index is 0.101. The Hall–Kier alpha value is -2.85. The van der Waals surface area contributed by atoms with Crippen LogP contribution in [0, 0.1) is 0 Å². The van der Waals surface area contributed by atoms with Crippen molar-refractivity contribution in [2.24, 2.45) is 0 Å². The van der Waals surface area contributed by atoms with Gasteiger partial charge in [-0.15, -0.1) is 0 Å². The minimum Gasteiger partial charge on any atom is -0.460 e. The molecule has 1 aromatic heterocycles. The predicted molar refractivity (Wildman–Crippen MR) is 127 cm³/mol. The number of para-hydroxylation sites is 1. The quantitative estimate of drug-likeness (QED) is 0.476. The first-order chi connectivity index (χ1) is 15.2. The van der Waals surface area contributed by atoms with E-state index < -0.39 is 0 Å². The molecule has 1 saturated heterocycles. The van der Waals surface area contributed by atoms with E-state index in [0.717, 1.165) is 79.9 Å². The Labute approximate surface area is 185 Å². The first-order valence-corrected chi connectivity index (χ1v) is 11.4. The lowest BCUT2D eigenvalue weighted by atomic mass is 10.00. The number of carbonyl (C=O) groups is 1. The Morgan fingerprint density at radius 2 is 1.71 bits per heavy atom. The molecule has 0 aliphatic carbocycles. The smallest absolute Gasteiger partial charge is 0.246 e. The number of nitrogens with zero attached hydrogens (tertiary/aromatic N) is 2. The van der Waals surface area contributed by atoms with Gasteiger partial charge in [-0.05, 0) is 30.5 Å². The molecule has 31 heavy (non-hydrogen) atoms. The molecular weight excluding hydrogens is 384 g/mol. The maximum atomic E-state index is 13.0. The summed E-state index contributed by atoms with van der Waals surface area (Å²) < 4.78 is 6.15. The fraction of sp³-hybridized carbons (Fsp3) is 0.370. The van der Waals surface area contributed by atoms with E-state index in [9.17, 15) is 4.79 Å². The number of allylic oxidation sites excluding steroid dienone is 1. The summed E-state index contributed by atoms with van der Waals surface area (Å²) in [5.74, 6) is 1.10. The molecular formula is C27H32N2O2. The molecule has 0 radical (unpaired) electrons. The zero-order valence-electron chi connectivity index (χ0n) is 18.6. The first-order valence-electron chi connectivity index (χ1n) is 11.4. The summed E-state index contributed by atoms with van der Waals surface area (Å²) in [4.78, 5) is 17.4. The van der Waals surface area contributed by atoms with Gasteiger partial charge in [-0.3, -0.25) is 9.69 Å². The van der Waals surface area contributed by atoms with Crippen LogP contribution in [0.2, 0.25) is 0 Å². The van der Waals surface area contributed by atoms with Gasteiger partial charge < -0.3 is 9.32 Å². The number of furan rings is 1. The summed E-state index contributed by atoms with van der Waals surface area (Å²) in [6.07, 6.45) is 4.90. The van der Waals surface area contributed by atoms with E-state index in [1.807, 2.05) is 36.1 Å². The average Bonchev–Trinajstić information content (AvgIpc) is 3.17. The number of benzene rings is 2. The molecule has 1 fully saturated rings. The zero-order valence-corrected chi connectivity index (χ0v) is 18.6. The number of hydrogen-bond donors (Lipinski definition) is 0. The molecule has 1 aliphatic heterocycles. The standard InChI is InChI=1S/C27H32N2O2/c1-3-4-13-25-27(23-12-8-9-14-24(23)31-25)21(2)19-26(30)29-17-15-28(16-18-29)20-22-10-6-5-7-11-22/h5-12,14,19H,3-4,13,15-18,20H2,1-2H3/b21-19+. The summed E-state index contributed by atoms with van der Waals surface area (Å²) >= 11 is 0. The summed E-state index contributed by atoms with van der Waals surface area (Å²) in [7, 11) is 0. The van der Waals surface area contributed by atoms with Gasteiger partial charge in [-0.1, -0.05) is 61.9 Å². The Morgan fingerprint density at radius 3 is 2.45 bits per heavy atom. The maximum absolute atomic E-state index is 13.0. The Morgan fingerprint density at radius 1 is 1.00 bits per heavy atom. The van der Waals surface area contributed by atoms with Crippen LogP contribution < -0.4 is 0 Å². The van der Waals surface area contributed by atoms with Gasteiger partial charge in [-0.2, -0.15) is 0 Å². The minimum atomic E-state index is 0.101. The number of hydrogen-bond acceptors (Lipinski definition) is 3. The summed E-state index contributed by atoms with van der Waals surface area (Å²) in [5.41, 5.74) is 4.32. The van der Waals surface area contributed by atoms with E-state index in [0.29, 0.717) is 0 Å². The van der Waals surface area contributed by atoms with Gasteiger partial charge in [0.1, 0.15) is 11.3 Å². The van der Waals surface area contributed by atoms with Crippen molar-refractivity contribution in [2.45, 2.75) is 39.7 Å². The highest BCUT2D eigenvalue weighted by molar-refractivity contribution is 6.00. The second-order valence-corrected chi connectivity index (χ2v) is 8.41. The lowest BCUT2D eigenvalue weighted by molar-refractivity contribution is -0.127. The molecule has 1 amide bonds. The van der Waals surface area contributed by atoms with Crippen LogP contribution in [0.1, 0.15) is 43.6 Å². The lowest BCUT2D eigenvalue weighted by Gasteiger charge is -2.34. The van der Waals surface area contributed by atoms with E-state index >= 15 is 0 Å². The predicted octanol–water partition coefficient (Wildman–Crippen LogP) is 5.52. The molecule has 0 unspecified atom stereocenters. The highest BCUT2D eigenvalue weighted by Crippen LogP contribution is 2.32. The number of fused-ring (bicyclic) bond motifs is 1. The van der Waals surface area contributed by atoms with E-state index in [-0.39, 0.29) is 5.91 Å². The van der Waals surface area contributed by atoms with Crippen molar-refractivity contribution in [1.29, 1.82) is 0 Å². The van der Waals surface area contributed by atoms with Gasteiger partial charge in [0, 0.05) is 56.2 Å². The van der Waals surface area contributed by atoms with Gasteiger partial charge in [0.15, 0.2) is 0 Å². The Kier molecular flexibility index (Phi) is 6.88. The van der Waals surface area contributed by atoms with Crippen molar-refractivity contribution in [2.75, 3.05) is 26.2 Å². The first kappa shape index (κ1) is 21.4. The van der Waals surface area contributed by atoms with Crippen molar-refractivity contribution < 1.29 is 9.21 Å². The largest absolute Gasteiger partial charge is 0.460 e. The second kappa shape index (κ2) is 9.97. The molecule has 4 heteroatoms. The molecule has 2 heterocycles. The number of amides is 1. The van der Waals surface area contributed by atoms with Crippen molar-refractivity contribution in [1.82, 2.24) is 9.80 Å². The van der Waals surface area contributed by atoms with Gasteiger partial charge in [0.05, 0.1) is 0 Å². The summed E-state index contributed by atoms with van der Waals surface area (Å²) in [5, 5.41) is 1.10. The molecule has 162 valence electrons. The molecule has 2 aromatic carbocycles. The lowest BCUT2D eigenvalue weighted by Crippen LogP contribution is -2.47. The summed E-state index contributed by atoms with van der Waals surface area (Å²) in [6.45, 7) is 8.52. The van der Waals surface area contributed by atoms with E-state index in [1.54, 1.807) is 6.08 Å². The van der Waals surface area contributed by atoms with Crippen LogP contribution in [0.3, 0.4) is 0 Å². The third kappa shape index (κ3) is 5.08. The number of rotatable bonds is 7. The Bertz CT molecular complexity index is 1040. The highest BCUT2D eigenvalue weighted by Gasteiger charge is 2.21. The van der Waals surface area contributed by atoms with Gasteiger partial charge in [-0.25, -0.2) is 0 Å². The molecule has 0 N–H and O–H groups in total. The number of aryl methyl sites for hydroxylation is 1. The van der Waals surface area contributed by atoms with Crippen LogP contribution in [0.4, 0.5) is 0 Å². The summed E-state index contributed by atoms with van der Waals surface area (Å²) in [6, 6.07) is 18.7. The molecule has 4 rings (SSSR count). The number of piperazine rings is 1. The number of unbranched alkanes of at least 4 members (excludes halogenated alkanes) is 1. The maximum Gasteiger partial charge on any atom is 0.246 e. The van der Waals surface area contributed by atoms with Crippen LogP contribution in [-0.2, 0) is 17.8 Å². The zero-order chi connectivity index (χ0) is 21.6. The fourth-order valence-corrected chi connectivity index (χ4v) is 4.36. The van der Waals surface area contributed by atoms with Crippen molar-refractivity contribution >= 4 is 22.4 Å². The van der Waals surface area contributed by atoms with Gasteiger partial charge >= 0.3 is 0 Å². The van der Waals surface area contributed by atoms with Crippen molar-refractivity contribution in [3.8, 4) is 0 Å². The van der Waals surface area contributed by atoms with Crippen molar-refractivity contribution in [3.05, 3.63) is 77.6 Å². The molecule has 0 bridgehead atoms. The van der Waals surface area contributed by atoms with Gasteiger partial charge in [0.2, 0.25) is 5.91 Å². The van der Waals surface area contributed by atoms with Crippen molar-refractivity contribution in [3.63, 3.8) is 0 Å². The normalized spacial score (nSPS) is 15.5. The van der Waals surface area contributed by atoms with Crippen LogP contribution in [0.5, 0.6) is 0 Å². The van der Waals surface area contributed by atoms with Crippen LogP contribution >= 0.6 is 0 Å². The number of carbonyl (C=O) groups excluding carboxylic acids is 1. The van der Waals surface area contributed by atoms with Crippen LogP contribution in [0.25, 0.3) is 16.5 Å². The Balaban J connectivity index is 1.45. The topological polar surface area (TPSA) is 36.7 Å². The fourth-order valence-electron chi connectivity index (χ4n) is 4.36. The molecule has 0 saturated carbocycles. The van der Waals surface area contributed by atoms with Gasteiger partial charge in [0.25, 0.3) is 0 Å².